The average molecular weight is 331 g/mol. The number of carbonyl (C=O) groups is 1. The molecule has 3 nitrogen and oxygen atoms in total. The third-order valence-electron chi connectivity index (χ3n) is 3.31. The molecule has 1 aliphatic heterocycles. The minimum atomic E-state index is -4.30. The maximum atomic E-state index is 12.2. The van der Waals surface area contributed by atoms with E-state index in [2.05, 4.69) is 0 Å². The molecule has 22 heavy (non-hydrogen) atoms. The molecular weight excluding hydrogens is 315 g/mol. The predicted molar refractivity (Wildman–Crippen MR) is 79.2 cm³/mol. The molecule has 0 aromatic heterocycles. The summed E-state index contributed by atoms with van der Waals surface area (Å²) in [6.07, 6.45) is 3.79. The summed E-state index contributed by atoms with van der Waals surface area (Å²) in [6.45, 7) is 1.04. The van der Waals surface area contributed by atoms with E-state index in [1.807, 2.05) is 0 Å². The van der Waals surface area contributed by atoms with Crippen molar-refractivity contribution in [3.63, 3.8) is 0 Å². The fourth-order valence-electron chi connectivity index (χ4n) is 2.14. The molecule has 1 N–H and O–H groups in total. The summed E-state index contributed by atoms with van der Waals surface area (Å²) >= 11 is -0.166. The number of carbonyl (C=O) groups excluding carboxylic acids is 1. The second kappa shape index (κ2) is 7.19. The van der Waals surface area contributed by atoms with Crippen LogP contribution in [0.5, 0.6) is 0 Å². The molecule has 0 spiro atoms. The van der Waals surface area contributed by atoms with Crippen LogP contribution < -0.4 is 0 Å². The SMILES string of the molecule is O=C(C=Cc1ccc(SC(F)(F)F)cc1)N1CCC(O)CC1. The van der Waals surface area contributed by atoms with Crippen molar-refractivity contribution in [3.05, 3.63) is 35.9 Å². The number of hydrogen-bond donors (Lipinski definition) is 1. The lowest BCUT2D eigenvalue weighted by Crippen LogP contribution is -2.39. The molecule has 1 heterocycles. The number of likely N-dealkylation sites (tertiary alicyclic amines) is 1. The lowest BCUT2D eigenvalue weighted by atomic mass is 10.1. The van der Waals surface area contributed by atoms with Crippen molar-refractivity contribution in [1.82, 2.24) is 4.90 Å². The number of alkyl halides is 3. The fraction of sp³-hybridized carbons (Fsp3) is 0.400. The second-order valence-corrected chi connectivity index (χ2v) is 6.15. The number of piperidine rings is 1. The van der Waals surface area contributed by atoms with Gasteiger partial charge in [-0.1, -0.05) is 12.1 Å². The molecule has 1 amide bonds. The Labute approximate surface area is 130 Å². The third-order valence-corrected chi connectivity index (χ3v) is 4.05. The molecule has 0 aliphatic carbocycles. The monoisotopic (exact) mass is 331 g/mol. The Bertz CT molecular complexity index is 535. The molecule has 1 aromatic carbocycles. The largest absolute Gasteiger partial charge is 0.446 e. The molecule has 1 aliphatic rings. The Morgan fingerprint density at radius 3 is 2.36 bits per heavy atom. The Hall–Kier alpha value is -1.47. The van der Waals surface area contributed by atoms with Crippen LogP contribution in [0, 0.1) is 0 Å². The molecule has 0 atom stereocenters. The Kier molecular flexibility index (Phi) is 5.52. The maximum Gasteiger partial charge on any atom is 0.446 e. The average Bonchev–Trinajstić information content (AvgIpc) is 2.45. The quantitative estimate of drug-likeness (QED) is 0.682. The molecule has 1 aromatic rings. The molecule has 1 fully saturated rings. The van der Waals surface area contributed by atoms with Crippen molar-refractivity contribution in [1.29, 1.82) is 0 Å². The molecular formula is C15H16F3NO2S. The third kappa shape index (κ3) is 5.38. The fourth-order valence-corrected chi connectivity index (χ4v) is 2.68. The molecule has 0 bridgehead atoms. The maximum absolute atomic E-state index is 12.2. The van der Waals surface area contributed by atoms with Crippen molar-refractivity contribution >= 4 is 23.7 Å². The first-order valence-corrected chi connectivity index (χ1v) is 7.66. The first kappa shape index (κ1) is 16.9. The van der Waals surface area contributed by atoms with Crippen LogP contribution in [0.2, 0.25) is 0 Å². The smallest absolute Gasteiger partial charge is 0.393 e. The number of nitrogens with zero attached hydrogens (tertiary/aromatic N) is 1. The van der Waals surface area contributed by atoms with Gasteiger partial charge in [-0.25, -0.2) is 0 Å². The number of rotatable bonds is 3. The molecule has 0 radical (unpaired) electrons. The van der Waals surface area contributed by atoms with E-state index in [1.165, 1.54) is 30.3 Å². The standard InChI is InChI=1S/C15H16F3NO2S/c16-15(17,18)22-13-4-1-11(2-5-13)3-6-14(21)19-9-7-12(20)8-10-19/h1-6,12,20H,7-10H2. The summed E-state index contributed by atoms with van der Waals surface area (Å²) in [4.78, 5) is 13.7. The van der Waals surface area contributed by atoms with E-state index in [0.717, 1.165) is 0 Å². The molecule has 120 valence electrons. The second-order valence-electron chi connectivity index (χ2n) is 5.01. The van der Waals surface area contributed by atoms with Gasteiger partial charge in [0.15, 0.2) is 0 Å². The van der Waals surface area contributed by atoms with Gasteiger partial charge in [0, 0.05) is 24.1 Å². The van der Waals surface area contributed by atoms with Crippen LogP contribution in [0.1, 0.15) is 18.4 Å². The molecule has 0 saturated carbocycles. The summed E-state index contributed by atoms with van der Waals surface area (Å²) in [5, 5.41) is 9.39. The minimum absolute atomic E-state index is 0.112. The van der Waals surface area contributed by atoms with Crippen molar-refractivity contribution in [2.24, 2.45) is 0 Å². The summed E-state index contributed by atoms with van der Waals surface area (Å²) in [6, 6.07) is 5.83. The number of amides is 1. The minimum Gasteiger partial charge on any atom is -0.393 e. The highest BCUT2D eigenvalue weighted by Crippen LogP contribution is 2.36. The van der Waals surface area contributed by atoms with E-state index in [4.69, 9.17) is 0 Å². The molecule has 1 saturated heterocycles. The van der Waals surface area contributed by atoms with Gasteiger partial charge in [-0.2, -0.15) is 13.2 Å². The van der Waals surface area contributed by atoms with E-state index in [-0.39, 0.29) is 28.7 Å². The van der Waals surface area contributed by atoms with Crippen molar-refractivity contribution in [2.45, 2.75) is 29.3 Å². The lowest BCUT2D eigenvalue weighted by molar-refractivity contribution is -0.127. The first-order valence-electron chi connectivity index (χ1n) is 6.84. The van der Waals surface area contributed by atoms with Gasteiger partial charge in [0.1, 0.15) is 0 Å². The van der Waals surface area contributed by atoms with Crippen molar-refractivity contribution in [3.8, 4) is 0 Å². The summed E-state index contributed by atoms with van der Waals surface area (Å²) in [5.41, 5.74) is -3.64. The number of halogens is 3. The van der Waals surface area contributed by atoms with Gasteiger partial charge >= 0.3 is 5.51 Å². The summed E-state index contributed by atoms with van der Waals surface area (Å²) in [7, 11) is 0. The van der Waals surface area contributed by atoms with E-state index in [9.17, 15) is 23.1 Å². The number of aliphatic hydroxyl groups is 1. The van der Waals surface area contributed by atoms with E-state index in [1.54, 1.807) is 11.0 Å². The highest BCUT2D eigenvalue weighted by atomic mass is 32.2. The predicted octanol–water partition coefficient (Wildman–Crippen LogP) is 3.30. The van der Waals surface area contributed by atoms with Crippen LogP contribution in [0.15, 0.2) is 35.2 Å². The van der Waals surface area contributed by atoms with Crippen molar-refractivity contribution in [2.75, 3.05) is 13.1 Å². The number of hydrogen-bond acceptors (Lipinski definition) is 3. The summed E-state index contributed by atoms with van der Waals surface area (Å²) < 4.78 is 36.6. The van der Waals surface area contributed by atoms with Gasteiger partial charge in [-0.15, -0.1) is 0 Å². The van der Waals surface area contributed by atoms with Gasteiger partial charge in [0.2, 0.25) is 5.91 Å². The zero-order chi connectivity index (χ0) is 16.2. The Morgan fingerprint density at radius 1 is 1.23 bits per heavy atom. The zero-order valence-corrected chi connectivity index (χ0v) is 12.5. The topological polar surface area (TPSA) is 40.5 Å². The molecule has 2 rings (SSSR count). The van der Waals surface area contributed by atoms with Crippen LogP contribution in [0.25, 0.3) is 6.08 Å². The van der Waals surface area contributed by atoms with Crippen LogP contribution in [-0.4, -0.2) is 40.6 Å². The van der Waals surface area contributed by atoms with E-state index >= 15 is 0 Å². The first-order chi connectivity index (χ1) is 10.3. The van der Waals surface area contributed by atoms with Gasteiger partial charge in [0.25, 0.3) is 0 Å². The Morgan fingerprint density at radius 2 is 1.82 bits per heavy atom. The highest BCUT2D eigenvalue weighted by Gasteiger charge is 2.28. The Balaban J connectivity index is 1.91. The van der Waals surface area contributed by atoms with Crippen molar-refractivity contribution < 1.29 is 23.1 Å². The number of thioether (sulfide) groups is 1. The van der Waals surface area contributed by atoms with Gasteiger partial charge in [-0.05, 0) is 48.4 Å². The molecule has 0 unspecified atom stereocenters. The van der Waals surface area contributed by atoms with Crippen LogP contribution in [-0.2, 0) is 4.79 Å². The van der Waals surface area contributed by atoms with E-state index in [0.29, 0.717) is 31.5 Å². The normalized spacial score (nSPS) is 17.2. The van der Waals surface area contributed by atoms with Crippen LogP contribution in [0.3, 0.4) is 0 Å². The van der Waals surface area contributed by atoms with Gasteiger partial charge in [0.05, 0.1) is 6.10 Å². The van der Waals surface area contributed by atoms with Crippen LogP contribution >= 0.6 is 11.8 Å². The lowest BCUT2D eigenvalue weighted by Gasteiger charge is -2.28. The highest BCUT2D eigenvalue weighted by molar-refractivity contribution is 8.00. The summed E-state index contributed by atoms with van der Waals surface area (Å²) in [5.74, 6) is -0.152. The van der Waals surface area contributed by atoms with E-state index < -0.39 is 5.51 Å². The van der Waals surface area contributed by atoms with Gasteiger partial charge < -0.3 is 10.0 Å². The number of aliphatic hydroxyl groups excluding tert-OH is 1. The zero-order valence-electron chi connectivity index (χ0n) is 11.7. The number of benzene rings is 1. The van der Waals surface area contributed by atoms with Crippen LogP contribution in [0.4, 0.5) is 13.2 Å². The van der Waals surface area contributed by atoms with Gasteiger partial charge in [-0.3, -0.25) is 4.79 Å². The molecule has 7 heteroatoms.